The van der Waals surface area contributed by atoms with E-state index >= 15 is 0 Å². The van der Waals surface area contributed by atoms with Crippen LogP contribution in [0, 0.1) is 5.92 Å². The molecule has 3 heteroatoms. The molecule has 1 rings (SSSR count). The van der Waals surface area contributed by atoms with E-state index in [1.165, 1.54) is 0 Å². The summed E-state index contributed by atoms with van der Waals surface area (Å²) in [5.41, 5.74) is 0. The molecule has 1 heterocycles. The molecule has 0 radical (unpaired) electrons. The van der Waals surface area contributed by atoms with Gasteiger partial charge in [-0.1, -0.05) is 0 Å². The molecule has 2 N–H and O–H groups in total. The summed E-state index contributed by atoms with van der Waals surface area (Å²) in [6.45, 7) is 2.64. The third-order valence-electron chi connectivity index (χ3n) is 1.70. The number of hydrogen-bond acceptors (Lipinski definition) is 2. The molecular formula is C6H11NO2. The van der Waals surface area contributed by atoms with E-state index < -0.39 is 5.97 Å². The first kappa shape index (κ1) is 6.55. The standard InChI is InChI=1S/C6H11NO2/c1-4-2-5(3-7-4)6(8)9/h4-5,7H,2-3H2,1H3,(H,8,9)/t4-,5+/m0/s1. The third-order valence-corrected chi connectivity index (χ3v) is 1.70. The van der Waals surface area contributed by atoms with Crippen LogP contribution in [-0.4, -0.2) is 23.7 Å². The highest BCUT2D eigenvalue weighted by atomic mass is 16.4. The largest absolute Gasteiger partial charge is 0.481 e. The number of carboxylic acid groups (broad SMARTS) is 1. The molecule has 1 saturated heterocycles. The van der Waals surface area contributed by atoms with Crippen LogP contribution in [0.4, 0.5) is 0 Å². The van der Waals surface area contributed by atoms with Crippen molar-refractivity contribution in [1.29, 1.82) is 0 Å². The fourth-order valence-corrected chi connectivity index (χ4v) is 1.13. The maximum atomic E-state index is 10.3. The number of aliphatic carboxylic acids is 1. The van der Waals surface area contributed by atoms with Crippen LogP contribution in [0.5, 0.6) is 0 Å². The summed E-state index contributed by atoms with van der Waals surface area (Å²) in [6, 6.07) is 0.381. The first-order valence-corrected chi connectivity index (χ1v) is 3.16. The van der Waals surface area contributed by atoms with Crippen LogP contribution in [0.2, 0.25) is 0 Å². The average Bonchev–Trinajstić information content (AvgIpc) is 2.14. The van der Waals surface area contributed by atoms with Gasteiger partial charge in [-0.25, -0.2) is 0 Å². The number of nitrogens with one attached hydrogen (secondary N) is 1. The Labute approximate surface area is 54.1 Å². The van der Waals surface area contributed by atoms with Crippen LogP contribution in [0.15, 0.2) is 0 Å². The summed E-state index contributed by atoms with van der Waals surface area (Å²) in [7, 11) is 0. The highest BCUT2D eigenvalue weighted by molar-refractivity contribution is 5.70. The lowest BCUT2D eigenvalue weighted by molar-refractivity contribution is -0.141. The maximum absolute atomic E-state index is 10.3. The maximum Gasteiger partial charge on any atom is 0.307 e. The molecule has 0 aliphatic carbocycles. The Balaban J connectivity index is 2.39. The Morgan fingerprint density at radius 3 is 2.67 bits per heavy atom. The Morgan fingerprint density at radius 1 is 1.78 bits per heavy atom. The van der Waals surface area contributed by atoms with Crippen LogP contribution in [0.3, 0.4) is 0 Å². The van der Waals surface area contributed by atoms with Gasteiger partial charge in [0.1, 0.15) is 0 Å². The van der Waals surface area contributed by atoms with Gasteiger partial charge < -0.3 is 10.4 Å². The third kappa shape index (κ3) is 1.42. The molecule has 0 bridgehead atoms. The van der Waals surface area contributed by atoms with Crippen molar-refractivity contribution < 1.29 is 9.90 Å². The molecule has 0 saturated carbocycles. The smallest absolute Gasteiger partial charge is 0.307 e. The first-order valence-electron chi connectivity index (χ1n) is 3.16. The van der Waals surface area contributed by atoms with Gasteiger partial charge in [0.25, 0.3) is 0 Å². The summed E-state index contributed by atoms with van der Waals surface area (Å²) < 4.78 is 0. The molecule has 0 aromatic heterocycles. The van der Waals surface area contributed by atoms with Gasteiger partial charge in [-0.3, -0.25) is 4.79 Å². The van der Waals surface area contributed by atoms with Crippen LogP contribution in [0.1, 0.15) is 13.3 Å². The molecule has 0 aromatic carbocycles. The minimum Gasteiger partial charge on any atom is -0.481 e. The molecule has 0 spiro atoms. The van der Waals surface area contributed by atoms with Gasteiger partial charge in [-0.15, -0.1) is 0 Å². The fraction of sp³-hybridized carbons (Fsp3) is 0.833. The van der Waals surface area contributed by atoms with Crippen molar-refractivity contribution in [3.8, 4) is 0 Å². The normalized spacial score (nSPS) is 34.8. The summed E-state index contributed by atoms with van der Waals surface area (Å²) in [4.78, 5) is 10.3. The van der Waals surface area contributed by atoms with Gasteiger partial charge in [0.15, 0.2) is 0 Å². The zero-order chi connectivity index (χ0) is 6.85. The van der Waals surface area contributed by atoms with Crippen molar-refractivity contribution in [2.45, 2.75) is 19.4 Å². The first-order chi connectivity index (χ1) is 4.20. The van der Waals surface area contributed by atoms with Crippen LogP contribution >= 0.6 is 0 Å². The van der Waals surface area contributed by atoms with E-state index in [4.69, 9.17) is 5.11 Å². The van der Waals surface area contributed by atoms with Gasteiger partial charge in [0, 0.05) is 12.6 Å². The Bertz CT molecular complexity index is 124. The second-order valence-corrected chi connectivity index (χ2v) is 2.58. The predicted octanol–water partition coefficient (Wildman–Crippen LogP) is 0.0690. The minimum absolute atomic E-state index is 0.153. The lowest BCUT2D eigenvalue weighted by Crippen LogP contribution is -2.18. The molecule has 1 fully saturated rings. The Kier molecular flexibility index (Phi) is 1.71. The van der Waals surface area contributed by atoms with Crippen LogP contribution in [-0.2, 0) is 4.79 Å². The molecule has 52 valence electrons. The number of hydrogen-bond donors (Lipinski definition) is 2. The molecule has 2 atom stereocenters. The summed E-state index contributed by atoms with van der Waals surface area (Å²) in [5, 5.41) is 11.6. The predicted molar refractivity (Wildman–Crippen MR) is 33.2 cm³/mol. The molecule has 0 aromatic rings. The van der Waals surface area contributed by atoms with Crippen LogP contribution < -0.4 is 5.32 Å². The van der Waals surface area contributed by atoms with Crippen molar-refractivity contribution in [1.82, 2.24) is 5.32 Å². The van der Waals surface area contributed by atoms with E-state index in [2.05, 4.69) is 5.32 Å². The highest BCUT2D eigenvalue weighted by Gasteiger charge is 2.25. The number of carbonyl (C=O) groups is 1. The molecular weight excluding hydrogens is 118 g/mol. The van der Waals surface area contributed by atoms with Crippen molar-refractivity contribution in [2.75, 3.05) is 6.54 Å². The van der Waals surface area contributed by atoms with Gasteiger partial charge >= 0.3 is 5.97 Å². The van der Waals surface area contributed by atoms with E-state index in [1.807, 2.05) is 6.92 Å². The SMILES string of the molecule is C[C@H]1C[C@@H](C(=O)O)CN1. The number of carboxylic acids is 1. The molecule has 1 aliphatic rings. The van der Waals surface area contributed by atoms with Gasteiger partial charge in [-0.05, 0) is 13.3 Å². The van der Waals surface area contributed by atoms with Crippen molar-refractivity contribution in [3.05, 3.63) is 0 Å². The monoisotopic (exact) mass is 129 g/mol. The average molecular weight is 129 g/mol. The minimum atomic E-state index is -0.674. The Morgan fingerprint density at radius 2 is 2.44 bits per heavy atom. The number of rotatable bonds is 1. The molecule has 1 aliphatic heterocycles. The van der Waals surface area contributed by atoms with Crippen molar-refractivity contribution in [3.63, 3.8) is 0 Å². The van der Waals surface area contributed by atoms with E-state index in [1.54, 1.807) is 0 Å². The fourth-order valence-electron chi connectivity index (χ4n) is 1.13. The second kappa shape index (κ2) is 2.35. The molecule has 0 amide bonds. The zero-order valence-electron chi connectivity index (χ0n) is 5.42. The van der Waals surface area contributed by atoms with Crippen LogP contribution in [0.25, 0.3) is 0 Å². The lowest BCUT2D eigenvalue weighted by atomic mass is 10.1. The molecule has 0 unspecified atom stereocenters. The van der Waals surface area contributed by atoms with E-state index in [0.717, 1.165) is 6.42 Å². The van der Waals surface area contributed by atoms with E-state index in [-0.39, 0.29) is 5.92 Å². The van der Waals surface area contributed by atoms with Gasteiger partial charge in [0.05, 0.1) is 5.92 Å². The van der Waals surface area contributed by atoms with E-state index in [9.17, 15) is 4.79 Å². The summed E-state index contributed by atoms with van der Waals surface area (Å²) in [6.07, 6.45) is 0.773. The Hall–Kier alpha value is -0.570. The summed E-state index contributed by atoms with van der Waals surface area (Å²) >= 11 is 0. The van der Waals surface area contributed by atoms with Gasteiger partial charge in [-0.2, -0.15) is 0 Å². The van der Waals surface area contributed by atoms with Gasteiger partial charge in [0.2, 0.25) is 0 Å². The topological polar surface area (TPSA) is 49.3 Å². The lowest BCUT2D eigenvalue weighted by Gasteiger charge is -1.98. The quantitative estimate of drug-likeness (QED) is 0.526. The second-order valence-electron chi connectivity index (χ2n) is 2.58. The van der Waals surface area contributed by atoms with Crippen molar-refractivity contribution in [2.24, 2.45) is 5.92 Å². The summed E-state index contributed by atoms with van der Waals surface area (Å²) in [5.74, 6) is -0.827. The molecule has 9 heavy (non-hydrogen) atoms. The van der Waals surface area contributed by atoms with Crippen molar-refractivity contribution >= 4 is 5.97 Å². The zero-order valence-corrected chi connectivity index (χ0v) is 5.42. The molecule has 3 nitrogen and oxygen atoms in total. The van der Waals surface area contributed by atoms with E-state index in [0.29, 0.717) is 12.6 Å². The highest BCUT2D eigenvalue weighted by Crippen LogP contribution is 2.12.